The summed E-state index contributed by atoms with van der Waals surface area (Å²) in [5.41, 5.74) is 0.849. The maximum Gasteiger partial charge on any atom is 0.470 e. The van der Waals surface area contributed by atoms with Gasteiger partial charge in [0.15, 0.2) is 5.82 Å². The summed E-state index contributed by atoms with van der Waals surface area (Å²) in [6, 6.07) is 10.5. The van der Waals surface area contributed by atoms with Crippen LogP contribution in [-0.4, -0.2) is 41.6 Å². The van der Waals surface area contributed by atoms with Gasteiger partial charge in [-0.1, -0.05) is 17.7 Å². The molecule has 38 heavy (non-hydrogen) atoms. The summed E-state index contributed by atoms with van der Waals surface area (Å²) in [6.07, 6.45) is -4.31. The van der Waals surface area contributed by atoms with E-state index in [0.29, 0.717) is 22.2 Å². The smallest absolute Gasteiger partial charge is 0.393 e. The molecule has 10 nitrogen and oxygen atoms in total. The molecular weight excluding hydrogens is 552 g/mol. The van der Waals surface area contributed by atoms with E-state index < -0.39 is 38.9 Å². The Morgan fingerprint density at radius 1 is 1.08 bits per heavy atom. The number of halogens is 4. The number of nitrogens with one attached hydrogen (secondary N) is 1. The molecule has 0 saturated carbocycles. The number of alkyl halides is 3. The fourth-order valence-corrected chi connectivity index (χ4v) is 4.03. The lowest BCUT2D eigenvalue weighted by Crippen LogP contribution is -2.06. The highest BCUT2D eigenvalue weighted by Gasteiger charge is 2.30. The van der Waals surface area contributed by atoms with Gasteiger partial charge in [-0.05, 0) is 42.5 Å². The van der Waals surface area contributed by atoms with Crippen molar-refractivity contribution in [2.24, 2.45) is 0 Å². The molecule has 0 aliphatic rings. The Balaban J connectivity index is 1.76. The first-order chi connectivity index (χ1) is 17.8. The predicted molar refractivity (Wildman–Crippen MR) is 131 cm³/mol. The van der Waals surface area contributed by atoms with Crippen molar-refractivity contribution in [1.82, 2.24) is 15.0 Å². The summed E-state index contributed by atoms with van der Waals surface area (Å²) in [4.78, 5) is 30.9. The van der Waals surface area contributed by atoms with Crippen LogP contribution < -0.4 is 5.32 Å². The van der Waals surface area contributed by atoms with Gasteiger partial charge in [0.05, 0.1) is 28.4 Å². The molecule has 0 unspecified atom stereocenters. The fourth-order valence-electron chi connectivity index (χ4n) is 3.46. The van der Waals surface area contributed by atoms with Crippen molar-refractivity contribution in [2.45, 2.75) is 18.9 Å². The average Bonchev–Trinajstić information content (AvgIpc) is 2.86. The number of benzene rings is 2. The van der Waals surface area contributed by atoms with Gasteiger partial charge < -0.3 is 25.3 Å². The van der Waals surface area contributed by atoms with Crippen LogP contribution in [0.1, 0.15) is 23.1 Å². The summed E-state index contributed by atoms with van der Waals surface area (Å²) in [5, 5.41) is 22.4. The Bertz CT molecular complexity index is 1520. The van der Waals surface area contributed by atoms with Gasteiger partial charge in [-0.15, -0.1) is 0 Å². The van der Waals surface area contributed by atoms with E-state index >= 15 is 0 Å². The zero-order valence-electron chi connectivity index (χ0n) is 19.1. The zero-order valence-corrected chi connectivity index (χ0v) is 20.7. The second-order valence-electron chi connectivity index (χ2n) is 7.98. The van der Waals surface area contributed by atoms with E-state index in [0.717, 1.165) is 12.1 Å². The minimum Gasteiger partial charge on any atom is -0.393 e. The number of hydrogen-bond donors (Lipinski definition) is 5. The molecule has 0 spiro atoms. The van der Waals surface area contributed by atoms with Crippen LogP contribution in [0.4, 0.5) is 24.7 Å². The third-order valence-electron chi connectivity index (χ3n) is 5.27. The number of aliphatic hydroxyl groups excluding tert-OH is 2. The number of hydrogen-bond acceptors (Lipinski definition) is 8. The highest BCUT2D eigenvalue weighted by molar-refractivity contribution is 7.46. The maximum atomic E-state index is 12.9. The van der Waals surface area contributed by atoms with Gasteiger partial charge in [0.1, 0.15) is 18.5 Å². The number of fused-ring (bicyclic) bond motifs is 1. The first-order valence-corrected chi connectivity index (χ1v) is 12.6. The number of nitrogens with zero attached hydrogens (tertiary/aromatic N) is 3. The number of aliphatic hydroxyl groups is 2. The SMILES string of the molecule is O=P(O)(O)OCc1nc(Nc2ccc(C(F)(F)F)cc2)c2ccc(-c3ncc([C@@H](O)CO)cc3Cl)cc2n1. The predicted octanol–water partition coefficient (Wildman–Crippen LogP) is 4.74. The highest BCUT2D eigenvalue weighted by Crippen LogP contribution is 2.38. The molecule has 200 valence electrons. The van der Waals surface area contributed by atoms with Crippen LogP contribution in [0.3, 0.4) is 0 Å². The van der Waals surface area contributed by atoms with E-state index in [2.05, 4.69) is 24.8 Å². The van der Waals surface area contributed by atoms with Gasteiger partial charge in [0.25, 0.3) is 0 Å². The molecule has 0 amide bonds. The van der Waals surface area contributed by atoms with Gasteiger partial charge in [0.2, 0.25) is 0 Å². The topological polar surface area (TPSA) is 158 Å². The van der Waals surface area contributed by atoms with Crippen LogP contribution in [0.2, 0.25) is 5.02 Å². The Morgan fingerprint density at radius 2 is 1.79 bits per heavy atom. The molecule has 0 saturated heterocycles. The van der Waals surface area contributed by atoms with Gasteiger partial charge in [-0.25, -0.2) is 14.5 Å². The van der Waals surface area contributed by atoms with E-state index in [1.807, 2.05) is 0 Å². The maximum absolute atomic E-state index is 12.9. The molecular formula is C23H19ClF3N4O6P. The molecule has 4 rings (SSSR count). The molecule has 0 radical (unpaired) electrons. The lowest BCUT2D eigenvalue weighted by molar-refractivity contribution is -0.137. The quantitative estimate of drug-likeness (QED) is 0.187. The second-order valence-corrected chi connectivity index (χ2v) is 9.63. The summed E-state index contributed by atoms with van der Waals surface area (Å²) in [5.74, 6) is 0.0268. The number of phosphoric acid groups is 1. The van der Waals surface area contributed by atoms with E-state index in [4.69, 9.17) is 26.5 Å². The zero-order chi connectivity index (χ0) is 27.7. The van der Waals surface area contributed by atoms with Gasteiger partial charge in [0, 0.05) is 28.4 Å². The summed E-state index contributed by atoms with van der Waals surface area (Å²) in [6.45, 7) is -1.17. The van der Waals surface area contributed by atoms with Crippen LogP contribution in [0, 0.1) is 0 Å². The third kappa shape index (κ3) is 6.63. The summed E-state index contributed by atoms with van der Waals surface area (Å²) < 4.78 is 54.5. The Morgan fingerprint density at radius 3 is 2.39 bits per heavy atom. The van der Waals surface area contributed by atoms with Crippen LogP contribution in [0.5, 0.6) is 0 Å². The van der Waals surface area contributed by atoms with Crippen molar-refractivity contribution in [3.05, 3.63) is 76.7 Å². The first-order valence-electron chi connectivity index (χ1n) is 10.7. The van der Waals surface area contributed by atoms with Gasteiger partial charge in [-0.3, -0.25) is 9.51 Å². The molecule has 5 N–H and O–H groups in total. The normalized spacial score (nSPS) is 13.1. The van der Waals surface area contributed by atoms with Crippen molar-refractivity contribution in [2.75, 3.05) is 11.9 Å². The fraction of sp³-hybridized carbons (Fsp3) is 0.174. The largest absolute Gasteiger partial charge is 0.470 e. The number of anilines is 2. The molecule has 0 bridgehead atoms. The van der Waals surface area contributed by atoms with Crippen molar-refractivity contribution in [1.29, 1.82) is 0 Å². The standard InChI is InChI=1S/C23H19ClF3N4O6P/c24-17-7-13(19(33)10-32)9-28-21(17)12-1-6-16-18(8-12)30-20(11-37-38(34,35)36)31-22(16)29-15-4-2-14(3-5-15)23(25,26)27/h1-9,19,32-33H,10-11H2,(H,29,30,31)(H2,34,35,36)/t19-/m0/s1. The minimum absolute atomic E-state index is 0.118. The molecule has 15 heteroatoms. The lowest BCUT2D eigenvalue weighted by atomic mass is 10.1. The number of rotatable bonds is 8. The van der Waals surface area contributed by atoms with Crippen molar-refractivity contribution in [3.63, 3.8) is 0 Å². The molecule has 2 heterocycles. The van der Waals surface area contributed by atoms with Crippen molar-refractivity contribution < 1.29 is 42.3 Å². The molecule has 2 aromatic carbocycles. The molecule has 0 fully saturated rings. The molecule has 1 atom stereocenters. The van der Waals surface area contributed by atoms with Crippen LogP contribution >= 0.6 is 19.4 Å². The first kappa shape index (κ1) is 27.9. The lowest BCUT2D eigenvalue weighted by Gasteiger charge is -2.14. The van der Waals surface area contributed by atoms with Crippen molar-refractivity contribution in [3.8, 4) is 11.3 Å². The molecule has 2 aromatic heterocycles. The van der Waals surface area contributed by atoms with Crippen molar-refractivity contribution >= 4 is 41.8 Å². The Kier molecular flexibility index (Phi) is 8.00. The van der Waals surface area contributed by atoms with Crippen LogP contribution in [-0.2, 0) is 21.9 Å². The van der Waals surface area contributed by atoms with E-state index in [1.54, 1.807) is 18.2 Å². The molecule has 0 aliphatic carbocycles. The molecule has 4 aromatic rings. The monoisotopic (exact) mass is 570 g/mol. The van der Waals surface area contributed by atoms with Crippen LogP contribution in [0.15, 0.2) is 54.7 Å². The summed E-state index contributed by atoms with van der Waals surface area (Å²) in [7, 11) is -4.85. The van der Waals surface area contributed by atoms with Gasteiger partial charge >= 0.3 is 14.0 Å². The summed E-state index contributed by atoms with van der Waals surface area (Å²) >= 11 is 6.34. The average molecular weight is 571 g/mol. The number of aromatic nitrogens is 3. The van der Waals surface area contributed by atoms with E-state index in [1.165, 1.54) is 24.4 Å². The Labute approximate surface area is 218 Å². The third-order valence-corrected chi connectivity index (χ3v) is 6.03. The van der Waals surface area contributed by atoms with Gasteiger partial charge in [-0.2, -0.15) is 13.2 Å². The second kappa shape index (κ2) is 10.9. The number of pyridine rings is 1. The van der Waals surface area contributed by atoms with E-state index in [-0.39, 0.29) is 27.9 Å². The molecule has 0 aliphatic heterocycles. The highest BCUT2D eigenvalue weighted by atomic mass is 35.5. The Hall–Kier alpha value is -3.16. The van der Waals surface area contributed by atoms with Crippen LogP contribution in [0.25, 0.3) is 22.2 Å². The van der Waals surface area contributed by atoms with E-state index in [9.17, 15) is 22.8 Å². The number of phosphoric ester groups is 1. The minimum atomic E-state index is -4.85.